The van der Waals surface area contributed by atoms with Gasteiger partial charge in [0.15, 0.2) is 5.96 Å². The van der Waals surface area contributed by atoms with Crippen LogP contribution in [0.3, 0.4) is 0 Å². The smallest absolute Gasteiger partial charge is 0.408 e. The molecular formula is C22H34N6O2. The summed E-state index contributed by atoms with van der Waals surface area (Å²) in [6, 6.07) is 9.49. The number of aryl methyl sites for hydroxylation is 1. The lowest BCUT2D eigenvalue weighted by Crippen LogP contribution is -2.40. The van der Waals surface area contributed by atoms with Gasteiger partial charge in [-0.25, -0.2) is 4.79 Å². The minimum atomic E-state index is -0.562. The molecule has 1 aromatic heterocycles. The summed E-state index contributed by atoms with van der Waals surface area (Å²) in [5, 5.41) is 10.5. The normalized spacial score (nSPS) is 12.9. The third kappa shape index (κ3) is 7.77. The summed E-state index contributed by atoms with van der Waals surface area (Å²) >= 11 is 0. The van der Waals surface area contributed by atoms with Crippen molar-refractivity contribution in [3.05, 3.63) is 53.9 Å². The second kappa shape index (κ2) is 10.7. The molecule has 1 atom stereocenters. The summed E-state index contributed by atoms with van der Waals surface area (Å²) in [4.78, 5) is 19.2. The van der Waals surface area contributed by atoms with Crippen molar-refractivity contribution in [2.45, 2.75) is 45.9 Å². The average molecular weight is 415 g/mol. The Balaban J connectivity index is 2.15. The van der Waals surface area contributed by atoms with Crippen LogP contribution in [0, 0.1) is 0 Å². The van der Waals surface area contributed by atoms with Crippen molar-refractivity contribution < 1.29 is 9.53 Å². The van der Waals surface area contributed by atoms with E-state index in [-0.39, 0.29) is 6.04 Å². The minimum absolute atomic E-state index is 0.304. The average Bonchev–Trinajstić information content (AvgIpc) is 3.07. The van der Waals surface area contributed by atoms with Gasteiger partial charge in [-0.15, -0.1) is 0 Å². The van der Waals surface area contributed by atoms with Crippen LogP contribution in [0.2, 0.25) is 0 Å². The number of carbonyl (C=O) groups is 1. The van der Waals surface area contributed by atoms with Gasteiger partial charge in [0.25, 0.3) is 0 Å². The number of guanidine groups is 1. The number of ether oxygens (including phenoxy) is 1. The summed E-state index contributed by atoms with van der Waals surface area (Å²) < 4.78 is 7.22. The molecule has 0 fully saturated rings. The predicted molar refractivity (Wildman–Crippen MR) is 119 cm³/mol. The Morgan fingerprint density at radius 1 is 1.30 bits per heavy atom. The van der Waals surface area contributed by atoms with E-state index in [1.165, 1.54) is 0 Å². The molecule has 0 saturated heterocycles. The highest BCUT2D eigenvalue weighted by Gasteiger charge is 2.21. The molecule has 1 amide bonds. The number of nitrogens with one attached hydrogen (secondary N) is 2. The number of aliphatic imine (C=N–C) groups is 1. The van der Waals surface area contributed by atoms with E-state index in [9.17, 15) is 4.79 Å². The van der Waals surface area contributed by atoms with Crippen LogP contribution < -0.4 is 10.6 Å². The van der Waals surface area contributed by atoms with Crippen LogP contribution in [0.15, 0.2) is 47.7 Å². The fourth-order valence-corrected chi connectivity index (χ4v) is 2.92. The number of amides is 1. The third-order valence-corrected chi connectivity index (χ3v) is 4.19. The molecule has 0 aliphatic rings. The van der Waals surface area contributed by atoms with Crippen LogP contribution >= 0.6 is 0 Å². The van der Waals surface area contributed by atoms with Crippen molar-refractivity contribution in [1.29, 1.82) is 0 Å². The highest BCUT2D eigenvalue weighted by molar-refractivity contribution is 5.79. The highest BCUT2D eigenvalue weighted by atomic mass is 16.6. The Morgan fingerprint density at radius 3 is 2.57 bits per heavy atom. The number of aromatic nitrogens is 2. The van der Waals surface area contributed by atoms with Crippen molar-refractivity contribution in [1.82, 2.24) is 25.3 Å². The van der Waals surface area contributed by atoms with E-state index in [1.807, 2.05) is 89.4 Å². The number of nitrogens with zero attached hydrogens (tertiary/aromatic N) is 4. The SMILES string of the molecule is CCNC(=NCC(NC(=O)OC(C)(C)C)c1ccccc1)N(C)Cc1cnn(C)c1. The molecule has 2 N–H and O–H groups in total. The van der Waals surface area contributed by atoms with Gasteiger partial charge in [-0.2, -0.15) is 5.10 Å². The van der Waals surface area contributed by atoms with Crippen molar-refractivity contribution in [3.63, 3.8) is 0 Å². The van der Waals surface area contributed by atoms with E-state index < -0.39 is 11.7 Å². The van der Waals surface area contributed by atoms with Crippen LogP contribution in [0.5, 0.6) is 0 Å². The topological polar surface area (TPSA) is 83.8 Å². The maximum Gasteiger partial charge on any atom is 0.408 e. The highest BCUT2D eigenvalue weighted by Crippen LogP contribution is 2.15. The number of alkyl carbamates (subject to hydrolysis) is 1. The van der Waals surface area contributed by atoms with E-state index in [2.05, 4.69) is 15.7 Å². The lowest BCUT2D eigenvalue weighted by Gasteiger charge is -2.25. The second-order valence-corrected chi connectivity index (χ2v) is 8.18. The number of benzene rings is 1. The molecule has 1 heterocycles. The van der Waals surface area contributed by atoms with Crippen molar-refractivity contribution in [2.24, 2.45) is 12.0 Å². The second-order valence-electron chi connectivity index (χ2n) is 8.18. The number of hydrogen-bond donors (Lipinski definition) is 2. The van der Waals surface area contributed by atoms with Gasteiger partial charge in [0, 0.05) is 38.9 Å². The Hall–Kier alpha value is -3.03. The van der Waals surface area contributed by atoms with E-state index >= 15 is 0 Å². The van der Waals surface area contributed by atoms with E-state index in [0.717, 1.165) is 23.6 Å². The van der Waals surface area contributed by atoms with Crippen LogP contribution in [0.4, 0.5) is 4.79 Å². The summed E-state index contributed by atoms with van der Waals surface area (Å²) in [6.07, 6.45) is 3.37. The first-order valence-corrected chi connectivity index (χ1v) is 10.2. The Morgan fingerprint density at radius 2 is 2.00 bits per heavy atom. The molecule has 2 rings (SSSR count). The molecule has 0 aliphatic heterocycles. The zero-order chi connectivity index (χ0) is 22.1. The van der Waals surface area contributed by atoms with Crippen molar-refractivity contribution in [3.8, 4) is 0 Å². The van der Waals surface area contributed by atoms with Gasteiger partial charge in [-0.1, -0.05) is 30.3 Å². The maximum atomic E-state index is 12.4. The first-order valence-electron chi connectivity index (χ1n) is 10.2. The first kappa shape index (κ1) is 23.3. The van der Waals surface area contributed by atoms with Gasteiger partial charge in [0.05, 0.1) is 18.8 Å². The molecule has 0 radical (unpaired) electrons. The lowest BCUT2D eigenvalue weighted by molar-refractivity contribution is 0.0505. The first-order chi connectivity index (χ1) is 14.2. The number of hydrogen-bond acceptors (Lipinski definition) is 4. The van der Waals surface area contributed by atoms with Crippen molar-refractivity contribution >= 4 is 12.1 Å². The molecule has 1 aromatic carbocycles. The quantitative estimate of drug-likeness (QED) is 0.537. The van der Waals surface area contributed by atoms with Gasteiger partial charge >= 0.3 is 6.09 Å². The minimum Gasteiger partial charge on any atom is -0.444 e. The Kier molecular flexibility index (Phi) is 8.26. The molecule has 2 aromatic rings. The van der Waals surface area contributed by atoms with Gasteiger partial charge in [-0.05, 0) is 33.3 Å². The zero-order valence-electron chi connectivity index (χ0n) is 18.8. The fraction of sp³-hybridized carbons (Fsp3) is 0.500. The van der Waals surface area contributed by atoms with Crippen LogP contribution in [-0.2, 0) is 18.3 Å². The Labute approximate surface area is 179 Å². The molecule has 0 saturated carbocycles. The zero-order valence-corrected chi connectivity index (χ0v) is 18.8. The fourth-order valence-electron chi connectivity index (χ4n) is 2.92. The third-order valence-electron chi connectivity index (χ3n) is 4.19. The van der Waals surface area contributed by atoms with E-state index in [4.69, 9.17) is 9.73 Å². The van der Waals surface area contributed by atoms with Gasteiger partial charge < -0.3 is 20.3 Å². The largest absolute Gasteiger partial charge is 0.444 e. The molecule has 1 unspecified atom stereocenters. The van der Waals surface area contributed by atoms with Crippen molar-refractivity contribution in [2.75, 3.05) is 20.1 Å². The lowest BCUT2D eigenvalue weighted by atomic mass is 10.1. The maximum absolute atomic E-state index is 12.4. The standard InChI is InChI=1S/C22H34N6O2/c1-7-23-20(27(5)15-17-13-25-28(6)16-17)24-14-19(18-11-9-8-10-12-18)26-21(29)30-22(2,3)4/h8-13,16,19H,7,14-15H2,1-6H3,(H,23,24)(H,26,29). The van der Waals surface area contributed by atoms with Gasteiger partial charge in [0.1, 0.15) is 5.60 Å². The van der Waals surface area contributed by atoms with E-state index in [1.54, 1.807) is 4.68 Å². The monoisotopic (exact) mass is 414 g/mol. The summed E-state index contributed by atoms with van der Waals surface area (Å²) in [5.74, 6) is 0.758. The molecule has 30 heavy (non-hydrogen) atoms. The predicted octanol–water partition coefficient (Wildman–Crippen LogP) is 3.08. The molecule has 164 valence electrons. The van der Waals surface area contributed by atoms with Gasteiger partial charge in [-0.3, -0.25) is 9.67 Å². The van der Waals surface area contributed by atoms with Crippen LogP contribution in [0.1, 0.15) is 44.9 Å². The summed E-state index contributed by atoms with van der Waals surface area (Å²) in [7, 11) is 3.88. The molecule has 8 nitrogen and oxygen atoms in total. The van der Waals surface area contributed by atoms with Crippen LogP contribution in [-0.4, -0.2) is 52.5 Å². The molecule has 8 heteroatoms. The number of carbonyl (C=O) groups excluding carboxylic acids is 1. The molecular weight excluding hydrogens is 380 g/mol. The van der Waals surface area contributed by atoms with E-state index in [0.29, 0.717) is 13.1 Å². The summed E-state index contributed by atoms with van der Waals surface area (Å²) in [5.41, 5.74) is 1.50. The number of rotatable bonds is 7. The molecule has 0 bridgehead atoms. The molecule has 0 aliphatic carbocycles. The van der Waals surface area contributed by atoms with Gasteiger partial charge in [0.2, 0.25) is 0 Å². The Bertz CT molecular complexity index is 826. The van der Waals surface area contributed by atoms with Crippen LogP contribution in [0.25, 0.3) is 0 Å². The molecule has 0 spiro atoms. The summed E-state index contributed by atoms with van der Waals surface area (Å²) in [6.45, 7) is 9.36.